The zero-order valence-corrected chi connectivity index (χ0v) is 9.77. The first-order chi connectivity index (χ1) is 4.48. The van der Waals surface area contributed by atoms with Crippen LogP contribution in [0.2, 0.25) is 0 Å². The quantitative estimate of drug-likeness (QED) is 0.303. The van der Waals surface area contributed by atoms with Gasteiger partial charge in [-0.25, -0.2) is 0 Å². The monoisotopic (exact) mass is 212 g/mol. The Morgan fingerprint density at radius 3 is 2.27 bits per heavy atom. The molecule has 0 amide bonds. The van der Waals surface area contributed by atoms with Gasteiger partial charge in [0.1, 0.15) is 0 Å². The van der Waals surface area contributed by atoms with Gasteiger partial charge in [0.05, 0.1) is 0 Å². The summed E-state index contributed by atoms with van der Waals surface area (Å²) in [6.45, 7) is 0. The van der Waals surface area contributed by atoms with Crippen molar-refractivity contribution in [2.24, 2.45) is 0 Å². The van der Waals surface area contributed by atoms with Gasteiger partial charge < -0.3 is 6.53 Å². The van der Waals surface area contributed by atoms with Gasteiger partial charge in [-0.15, -0.1) is 11.6 Å². The first-order valence-corrected chi connectivity index (χ1v) is 4.72. The van der Waals surface area contributed by atoms with E-state index < -0.39 is 15.6 Å². The van der Waals surface area contributed by atoms with E-state index in [0.717, 1.165) is 0 Å². The van der Waals surface area contributed by atoms with E-state index in [0.29, 0.717) is 6.42 Å². The second kappa shape index (κ2) is 6.65. The molecule has 0 bridgehead atoms. The summed E-state index contributed by atoms with van der Waals surface area (Å²) in [5, 5.41) is 8.62. The van der Waals surface area contributed by atoms with E-state index in [-0.39, 0.29) is 43.3 Å². The predicted molar refractivity (Wildman–Crippen MR) is 38.6 cm³/mol. The molecule has 7 heteroatoms. The van der Waals surface area contributed by atoms with Gasteiger partial charge in [0.15, 0.2) is 5.44 Å². The van der Waals surface area contributed by atoms with E-state index in [1.54, 1.807) is 0 Å². The standard InChI is InChI=1S/C4H9ClO4S.Na.H/c5-3-1-2-4(6)10(7,8)9;;/h4,6H,1-3H2,(H,7,8,9);;/q;+1;-1. The van der Waals surface area contributed by atoms with Gasteiger partial charge >= 0.3 is 29.6 Å². The molecule has 4 nitrogen and oxygen atoms in total. The maximum atomic E-state index is 10.1. The van der Waals surface area contributed by atoms with Gasteiger partial charge in [0.25, 0.3) is 10.1 Å². The molecule has 0 spiro atoms. The van der Waals surface area contributed by atoms with Gasteiger partial charge in [-0.05, 0) is 12.8 Å². The molecule has 0 saturated carbocycles. The molecular weight excluding hydrogens is 203 g/mol. The average Bonchev–Trinajstić information content (AvgIpc) is 1.80. The number of halogens is 1. The van der Waals surface area contributed by atoms with Crippen LogP contribution in [0.5, 0.6) is 0 Å². The zero-order chi connectivity index (χ0) is 8.20. The Morgan fingerprint density at radius 1 is 1.55 bits per heavy atom. The molecule has 0 aromatic heterocycles. The van der Waals surface area contributed by atoms with Crippen LogP contribution in [0, 0.1) is 0 Å². The maximum Gasteiger partial charge on any atom is 1.00 e. The third-order valence-corrected chi connectivity index (χ3v) is 2.12. The van der Waals surface area contributed by atoms with Crippen molar-refractivity contribution < 1.29 is 49.1 Å². The fraction of sp³-hybridized carbons (Fsp3) is 1.00. The first-order valence-electron chi connectivity index (χ1n) is 2.69. The Morgan fingerprint density at radius 2 is 2.00 bits per heavy atom. The van der Waals surface area contributed by atoms with Crippen LogP contribution in [-0.4, -0.2) is 29.4 Å². The van der Waals surface area contributed by atoms with Crippen molar-refractivity contribution in [2.75, 3.05) is 5.88 Å². The molecule has 0 aliphatic carbocycles. The number of hydrogen-bond donors (Lipinski definition) is 2. The average molecular weight is 213 g/mol. The van der Waals surface area contributed by atoms with Crippen molar-refractivity contribution in [1.82, 2.24) is 0 Å². The van der Waals surface area contributed by atoms with E-state index >= 15 is 0 Å². The van der Waals surface area contributed by atoms with Crippen LogP contribution in [0.25, 0.3) is 0 Å². The van der Waals surface area contributed by atoms with Crippen LogP contribution < -0.4 is 29.6 Å². The molecule has 0 aromatic rings. The normalized spacial score (nSPS) is 13.7. The molecule has 0 radical (unpaired) electrons. The molecule has 0 aliphatic rings. The molecule has 0 saturated heterocycles. The molecule has 0 aliphatic heterocycles. The van der Waals surface area contributed by atoms with Gasteiger partial charge in [0, 0.05) is 5.88 Å². The van der Waals surface area contributed by atoms with E-state index in [1.165, 1.54) is 0 Å². The number of hydrogen-bond acceptors (Lipinski definition) is 3. The minimum atomic E-state index is -4.28. The molecule has 2 N–H and O–H groups in total. The SMILES string of the molecule is O=S(=O)(O)C(O)CCCCl.[H-].[Na+]. The molecule has 1 unspecified atom stereocenters. The summed E-state index contributed by atoms with van der Waals surface area (Å²) in [6.07, 6.45) is 0.338. The summed E-state index contributed by atoms with van der Waals surface area (Å²) in [5.41, 5.74) is -1.69. The minimum Gasteiger partial charge on any atom is -1.00 e. The van der Waals surface area contributed by atoms with Crippen LogP contribution in [0.3, 0.4) is 0 Å². The van der Waals surface area contributed by atoms with Crippen molar-refractivity contribution in [3.8, 4) is 0 Å². The summed E-state index contributed by atoms with van der Waals surface area (Å²) in [5.74, 6) is 0.270. The van der Waals surface area contributed by atoms with Crippen molar-refractivity contribution in [2.45, 2.75) is 18.3 Å². The van der Waals surface area contributed by atoms with Crippen molar-refractivity contribution in [3.05, 3.63) is 0 Å². The summed E-state index contributed by atoms with van der Waals surface area (Å²) in [6, 6.07) is 0. The largest absolute Gasteiger partial charge is 1.00 e. The van der Waals surface area contributed by atoms with Crippen LogP contribution in [-0.2, 0) is 10.1 Å². The molecule has 0 aromatic carbocycles. The van der Waals surface area contributed by atoms with Crippen LogP contribution in [0.1, 0.15) is 14.3 Å². The van der Waals surface area contributed by atoms with Crippen LogP contribution in [0.4, 0.5) is 0 Å². The number of rotatable bonds is 4. The Hall–Kier alpha value is 1.16. The van der Waals surface area contributed by atoms with E-state index in [9.17, 15) is 8.42 Å². The van der Waals surface area contributed by atoms with Crippen molar-refractivity contribution in [3.63, 3.8) is 0 Å². The fourth-order valence-electron chi connectivity index (χ4n) is 0.401. The van der Waals surface area contributed by atoms with Crippen molar-refractivity contribution in [1.29, 1.82) is 0 Å². The van der Waals surface area contributed by atoms with Crippen molar-refractivity contribution >= 4 is 21.7 Å². The van der Waals surface area contributed by atoms with Gasteiger partial charge in [-0.3, -0.25) is 4.55 Å². The Bertz CT molecular complexity index is 185. The van der Waals surface area contributed by atoms with E-state index in [2.05, 4.69) is 0 Å². The number of alkyl halides is 1. The summed E-state index contributed by atoms with van der Waals surface area (Å²) >= 11 is 5.21. The van der Waals surface area contributed by atoms with E-state index in [1.807, 2.05) is 0 Å². The molecule has 11 heavy (non-hydrogen) atoms. The topological polar surface area (TPSA) is 74.6 Å². The molecule has 64 valence electrons. The van der Waals surface area contributed by atoms with Gasteiger partial charge in [-0.1, -0.05) is 0 Å². The molecule has 1 atom stereocenters. The minimum absolute atomic E-state index is 0. The predicted octanol–water partition coefficient (Wildman–Crippen LogP) is -2.67. The third kappa shape index (κ3) is 7.52. The van der Waals surface area contributed by atoms with Gasteiger partial charge in [-0.2, -0.15) is 8.42 Å². The number of aliphatic hydroxyl groups is 1. The number of aliphatic hydroxyl groups excluding tert-OH is 1. The maximum absolute atomic E-state index is 10.1. The van der Waals surface area contributed by atoms with Crippen LogP contribution >= 0.6 is 11.6 Å². The smallest absolute Gasteiger partial charge is 1.00 e. The van der Waals surface area contributed by atoms with E-state index in [4.69, 9.17) is 21.3 Å². The third-order valence-electron chi connectivity index (χ3n) is 0.929. The summed E-state index contributed by atoms with van der Waals surface area (Å²) in [7, 11) is -4.28. The molecular formula is C4H10ClNaO4S. The first kappa shape index (κ1) is 14.7. The second-order valence-electron chi connectivity index (χ2n) is 1.80. The molecule has 0 rings (SSSR count). The molecule has 0 heterocycles. The molecule has 0 fully saturated rings. The van der Waals surface area contributed by atoms with Crippen LogP contribution in [0.15, 0.2) is 0 Å². The Balaban J connectivity index is -0.000000405. The fourth-order valence-corrected chi connectivity index (χ4v) is 1.02. The zero-order valence-electron chi connectivity index (χ0n) is 7.20. The Kier molecular flexibility index (Phi) is 8.87. The second-order valence-corrected chi connectivity index (χ2v) is 3.75. The summed E-state index contributed by atoms with van der Waals surface area (Å²) in [4.78, 5) is 0. The Labute approximate surface area is 94.5 Å². The summed E-state index contributed by atoms with van der Waals surface area (Å²) < 4.78 is 28.4. The van der Waals surface area contributed by atoms with Gasteiger partial charge in [0.2, 0.25) is 0 Å².